The molecular formula is C16H26FN3O. The standard InChI is InChI=1S/C16H26FN3O/c1-19(2)12-7-9-20(11-12)10-8-14(18)16-13(17)5-4-6-15(16)21-3/h4-6,12,14H,7-11,18H2,1-3H3. The first-order chi connectivity index (χ1) is 10.0. The van der Waals surface area contributed by atoms with E-state index < -0.39 is 0 Å². The van der Waals surface area contributed by atoms with Crippen molar-refractivity contribution in [1.82, 2.24) is 9.80 Å². The molecule has 0 bridgehead atoms. The van der Waals surface area contributed by atoms with Crippen LogP contribution in [0.5, 0.6) is 5.75 Å². The summed E-state index contributed by atoms with van der Waals surface area (Å²) >= 11 is 0. The lowest BCUT2D eigenvalue weighted by atomic mass is 10.0. The van der Waals surface area contributed by atoms with Crippen LogP contribution in [0.1, 0.15) is 24.4 Å². The van der Waals surface area contributed by atoms with Gasteiger partial charge in [0, 0.05) is 30.7 Å². The zero-order valence-corrected chi connectivity index (χ0v) is 13.2. The molecule has 2 rings (SSSR count). The molecular weight excluding hydrogens is 269 g/mol. The van der Waals surface area contributed by atoms with E-state index in [4.69, 9.17) is 10.5 Å². The normalized spacial score (nSPS) is 21.0. The van der Waals surface area contributed by atoms with Crippen molar-refractivity contribution in [1.29, 1.82) is 0 Å². The highest BCUT2D eigenvalue weighted by molar-refractivity contribution is 5.37. The zero-order chi connectivity index (χ0) is 15.4. The summed E-state index contributed by atoms with van der Waals surface area (Å²) in [5, 5.41) is 0. The summed E-state index contributed by atoms with van der Waals surface area (Å²) < 4.78 is 19.2. The van der Waals surface area contributed by atoms with E-state index >= 15 is 0 Å². The number of hydrogen-bond acceptors (Lipinski definition) is 4. The summed E-state index contributed by atoms with van der Waals surface area (Å²) in [5.74, 6) is 0.254. The third-order valence-electron chi connectivity index (χ3n) is 4.34. The second-order valence-corrected chi connectivity index (χ2v) is 5.96. The molecule has 1 heterocycles. The van der Waals surface area contributed by atoms with Gasteiger partial charge in [0.1, 0.15) is 11.6 Å². The quantitative estimate of drug-likeness (QED) is 0.870. The monoisotopic (exact) mass is 295 g/mol. The molecule has 118 valence electrons. The van der Waals surface area contributed by atoms with Crippen LogP contribution in [0, 0.1) is 5.82 Å². The largest absolute Gasteiger partial charge is 0.496 e. The third-order valence-corrected chi connectivity index (χ3v) is 4.34. The van der Waals surface area contributed by atoms with Crippen molar-refractivity contribution in [2.45, 2.75) is 24.9 Å². The van der Waals surface area contributed by atoms with E-state index in [0.717, 1.165) is 26.1 Å². The molecule has 1 aromatic rings. The summed E-state index contributed by atoms with van der Waals surface area (Å²) in [7, 11) is 5.78. The molecule has 0 saturated carbocycles. The second kappa shape index (κ2) is 7.20. The van der Waals surface area contributed by atoms with Crippen molar-refractivity contribution in [3.63, 3.8) is 0 Å². The van der Waals surface area contributed by atoms with E-state index in [1.54, 1.807) is 19.2 Å². The molecule has 2 unspecified atom stereocenters. The molecule has 5 heteroatoms. The Bertz CT molecular complexity index is 467. The van der Waals surface area contributed by atoms with Crippen molar-refractivity contribution >= 4 is 0 Å². The van der Waals surface area contributed by atoms with Crippen molar-refractivity contribution in [3.8, 4) is 5.75 Å². The number of methoxy groups -OCH3 is 1. The maximum Gasteiger partial charge on any atom is 0.131 e. The number of hydrogen-bond donors (Lipinski definition) is 1. The fourth-order valence-electron chi connectivity index (χ4n) is 2.96. The minimum Gasteiger partial charge on any atom is -0.496 e. The lowest BCUT2D eigenvalue weighted by Crippen LogP contribution is -2.32. The molecule has 1 saturated heterocycles. The van der Waals surface area contributed by atoms with Crippen molar-refractivity contribution in [3.05, 3.63) is 29.6 Å². The minimum absolute atomic E-state index is 0.283. The molecule has 21 heavy (non-hydrogen) atoms. The highest BCUT2D eigenvalue weighted by atomic mass is 19.1. The van der Waals surface area contributed by atoms with Gasteiger partial charge in [-0.25, -0.2) is 4.39 Å². The lowest BCUT2D eigenvalue weighted by molar-refractivity contribution is 0.262. The van der Waals surface area contributed by atoms with Gasteiger partial charge in [0.25, 0.3) is 0 Å². The third kappa shape index (κ3) is 3.93. The average Bonchev–Trinajstić information content (AvgIpc) is 2.93. The van der Waals surface area contributed by atoms with Gasteiger partial charge in [-0.15, -0.1) is 0 Å². The van der Waals surface area contributed by atoms with E-state index in [-0.39, 0.29) is 11.9 Å². The summed E-state index contributed by atoms with van der Waals surface area (Å²) in [6.45, 7) is 3.04. The molecule has 0 aliphatic carbocycles. The van der Waals surface area contributed by atoms with Crippen LogP contribution in [0.15, 0.2) is 18.2 Å². The second-order valence-electron chi connectivity index (χ2n) is 5.96. The van der Waals surface area contributed by atoms with Crippen molar-refractivity contribution in [2.75, 3.05) is 40.8 Å². The van der Waals surface area contributed by atoms with Crippen LogP contribution >= 0.6 is 0 Å². The smallest absolute Gasteiger partial charge is 0.131 e. The molecule has 4 nitrogen and oxygen atoms in total. The molecule has 2 N–H and O–H groups in total. The molecule has 0 amide bonds. The Labute approximate surface area is 126 Å². The van der Waals surface area contributed by atoms with Crippen molar-refractivity contribution < 1.29 is 9.13 Å². The Morgan fingerprint density at radius 2 is 2.24 bits per heavy atom. The predicted molar refractivity (Wildman–Crippen MR) is 83.0 cm³/mol. The molecule has 1 aromatic carbocycles. The summed E-state index contributed by atoms with van der Waals surface area (Å²) in [5.41, 5.74) is 6.68. The highest BCUT2D eigenvalue weighted by Gasteiger charge is 2.25. The SMILES string of the molecule is COc1cccc(F)c1C(N)CCN1CCC(N(C)C)C1. The topological polar surface area (TPSA) is 41.7 Å². The highest BCUT2D eigenvalue weighted by Crippen LogP contribution is 2.28. The Kier molecular flexibility index (Phi) is 5.56. The maximum atomic E-state index is 14.0. The molecule has 0 aromatic heterocycles. The fraction of sp³-hybridized carbons (Fsp3) is 0.625. The maximum absolute atomic E-state index is 14.0. The first-order valence-corrected chi connectivity index (χ1v) is 7.49. The van der Waals surface area contributed by atoms with Gasteiger partial charge in [-0.1, -0.05) is 6.07 Å². The van der Waals surface area contributed by atoms with Gasteiger partial charge < -0.3 is 20.3 Å². The number of nitrogens with zero attached hydrogens (tertiary/aromatic N) is 2. The van der Waals surface area contributed by atoms with E-state index in [9.17, 15) is 4.39 Å². The van der Waals surface area contributed by atoms with Crippen LogP contribution in [0.25, 0.3) is 0 Å². The number of ether oxygens (including phenoxy) is 1. The Morgan fingerprint density at radius 3 is 2.86 bits per heavy atom. The van der Waals surface area contributed by atoms with Crippen LogP contribution in [-0.2, 0) is 0 Å². The summed E-state index contributed by atoms with van der Waals surface area (Å²) in [6, 6.07) is 5.13. The van der Waals surface area contributed by atoms with E-state index in [0.29, 0.717) is 17.4 Å². The Balaban J connectivity index is 1.92. The van der Waals surface area contributed by atoms with E-state index in [2.05, 4.69) is 23.9 Å². The van der Waals surface area contributed by atoms with E-state index in [1.807, 2.05) is 0 Å². The minimum atomic E-state index is -0.334. The average molecular weight is 295 g/mol. The number of halogens is 1. The van der Waals surface area contributed by atoms with Gasteiger partial charge in [0.05, 0.1) is 7.11 Å². The van der Waals surface area contributed by atoms with Gasteiger partial charge in [-0.05, 0) is 45.6 Å². The molecule has 1 aliphatic heterocycles. The molecule has 1 aliphatic rings. The van der Waals surface area contributed by atoms with Crippen LogP contribution in [0.3, 0.4) is 0 Å². The van der Waals surface area contributed by atoms with Gasteiger partial charge in [0.15, 0.2) is 0 Å². The Hall–Kier alpha value is -1.17. The number of rotatable bonds is 6. The molecule has 0 spiro atoms. The number of nitrogens with two attached hydrogens (primary N) is 1. The summed E-state index contributed by atoms with van der Waals surface area (Å²) in [4.78, 5) is 4.66. The zero-order valence-electron chi connectivity index (χ0n) is 13.2. The lowest BCUT2D eigenvalue weighted by Gasteiger charge is -2.22. The molecule has 1 fully saturated rings. The van der Waals surface area contributed by atoms with Gasteiger partial charge in [-0.2, -0.15) is 0 Å². The van der Waals surface area contributed by atoms with Crippen LogP contribution in [0.4, 0.5) is 4.39 Å². The van der Waals surface area contributed by atoms with Crippen LogP contribution in [0.2, 0.25) is 0 Å². The number of likely N-dealkylation sites (N-methyl/N-ethyl adjacent to an activating group) is 1. The first-order valence-electron chi connectivity index (χ1n) is 7.49. The first kappa shape index (κ1) is 16.2. The fourth-order valence-corrected chi connectivity index (χ4v) is 2.96. The predicted octanol–water partition coefficient (Wildman–Crippen LogP) is 1.86. The number of benzene rings is 1. The van der Waals surface area contributed by atoms with Crippen molar-refractivity contribution in [2.24, 2.45) is 5.73 Å². The Morgan fingerprint density at radius 1 is 1.48 bits per heavy atom. The molecule has 2 atom stereocenters. The van der Waals surface area contributed by atoms with Gasteiger partial charge >= 0.3 is 0 Å². The summed E-state index contributed by atoms with van der Waals surface area (Å²) in [6.07, 6.45) is 1.92. The van der Waals surface area contributed by atoms with Gasteiger partial charge in [-0.3, -0.25) is 0 Å². The number of likely N-dealkylation sites (tertiary alicyclic amines) is 1. The van der Waals surface area contributed by atoms with Gasteiger partial charge in [0.2, 0.25) is 0 Å². The molecule has 0 radical (unpaired) electrons. The van der Waals surface area contributed by atoms with Crippen LogP contribution < -0.4 is 10.5 Å². The van der Waals surface area contributed by atoms with E-state index in [1.165, 1.54) is 12.5 Å². The van der Waals surface area contributed by atoms with Crippen LogP contribution in [-0.4, -0.2) is 56.7 Å².